The van der Waals surface area contributed by atoms with Crippen molar-refractivity contribution in [3.05, 3.63) is 17.0 Å². The average Bonchev–Trinajstić information content (AvgIpc) is 2.52. The molecule has 0 radical (unpaired) electrons. The lowest BCUT2D eigenvalue weighted by atomic mass is 10.0. The topological polar surface area (TPSA) is 40.5 Å². The minimum absolute atomic E-state index is 0.239. The van der Waals surface area contributed by atoms with Crippen molar-refractivity contribution in [2.45, 2.75) is 16.7 Å². The lowest BCUT2D eigenvalue weighted by Crippen LogP contribution is -2.24. The molecule has 0 bridgehead atoms. The highest BCUT2D eigenvalue weighted by atomic mass is 32.2. The minimum Gasteiger partial charge on any atom is -0.393 e. The summed E-state index contributed by atoms with van der Waals surface area (Å²) in [5.41, 5.74) is -0.302. The second-order valence-corrected chi connectivity index (χ2v) is 4.81. The number of hydrogen-bond acceptors (Lipinski definition) is 4. The van der Waals surface area contributed by atoms with Crippen molar-refractivity contribution in [3.63, 3.8) is 0 Å². The number of thiophene rings is 1. The fraction of sp³-hybridized carbons (Fsp3) is 0.500. The molecule has 0 aliphatic carbocycles. The first kappa shape index (κ1) is 10.1. The number of rotatable bonds is 3. The molecule has 0 saturated heterocycles. The third-order valence-electron chi connectivity index (χ3n) is 1.71. The van der Waals surface area contributed by atoms with Crippen LogP contribution in [0.1, 0.15) is 12.5 Å². The van der Waals surface area contributed by atoms with Crippen LogP contribution in [-0.4, -0.2) is 23.1 Å². The van der Waals surface area contributed by atoms with Gasteiger partial charge in [0, 0.05) is 0 Å². The Bertz CT molecular complexity index is 255. The predicted molar refractivity (Wildman–Crippen MR) is 52.8 cm³/mol. The Morgan fingerprint density at radius 1 is 1.67 bits per heavy atom. The molecule has 1 aromatic rings. The SMILES string of the molecule is CSc1cc([C@](C)(O)CO)cs1. The van der Waals surface area contributed by atoms with E-state index in [4.69, 9.17) is 5.11 Å². The standard InChI is InChI=1S/C8H12O2S2/c1-8(10,5-9)6-3-7(11-2)12-4-6/h3-4,9-10H,5H2,1-2H3/t8-/m1/s1. The monoisotopic (exact) mass is 204 g/mol. The van der Waals surface area contributed by atoms with Crippen LogP contribution in [0, 0.1) is 0 Å². The third-order valence-corrected chi connectivity index (χ3v) is 3.74. The van der Waals surface area contributed by atoms with Gasteiger partial charge in [-0.05, 0) is 30.2 Å². The zero-order valence-electron chi connectivity index (χ0n) is 7.07. The van der Waals surface area contributed by atoms with E-state index >= 15 is 0 Å². The molecule has 0 spiro atoms. The molecule has 0 aromatic carbocycles. The maximum atomic E-state index is 9.65. The Morgan fingerprint density at radius 3 is 2.75 bits per heavy atom. The Morgan fingerprint density at radius 2 is 2.33 bits per heavy atom. The molecule has 0 aliphatic heterocycles. The van der Waals surface area contributed by atoms with Crippen molar-refractivity contribution in [1.82, 2.24) is 0 Å². The number of thioether (sulfide) groups is 1. The first-order chi connectivity index (χ1) is 5.60. The van der Waals surface area contributed by atoms with Gasteiger partial charge in [0.1, 0.15) is 5.60 Å². The predicted octanol–water partition coefficient (Wildman–Crippen LogP) is 1.67. The van der Waals surface area contributed by atoms with Crippen LogP contribution in [0.4, 0.5) is 0 Å². The fourth-order valence-corrected chi connectivity index (χ4v) is 2.33. The molecule has 4 heteroatoms. The number of aliphatic hydroxyl groups is 2. The third kappa shape index (κ3) is 2.01. The first-order valence-corrected chi connectivity index (χ1v) is 5.67. The second-order valence-electron chi connectivity index (χ2n) is 2.79. The molecule has 12 heavy (non-hydrogen) atoms. The number of hydrogen-bond donors (Lipinski definition) is 2. The molecule has 2 nitrogen and oxygen atoms in total. The lowest BCUT2D eigenvalue weighted by Gasteiger charge is -2.18. The summed E-state index contributed by atoms with van der Waals surface area (Å²) in [6.45, 7) is 1.37. The van der Waals surface area contributed by atoms with Gasteiger partial charge in [0.25, 0.3) is 0 Å². The van der Waals surface area contributed by atoms with E-state index in [2.05, 4.69) is 0 Å². The Labute approximate surface area is 80.2 Å². The van der Waals surface area contributed by atoms with Gasteiger partial charge in [0.2, 0.25) is 0 Å². The van der Waals surface area contributed by atoms with E-state index in [1.165, 1.54) is 0 Å². The summed E-state index contributed by atoms with van der Waals surface area (Å²) in [6.07, 6.45) is 1.99. The quantitative estimate of drug-likeness (QED) is 0.736. The molecule has 1 heterocycles. The van der Waals surface area contributed by atoms with Gasteiger partial charge in [-0.15, -0.1) is 23.1 Å². The maximum Gasteiger partial charge on any atom is 0.111 e. The summed E-state index contributed by atoms with van der Waals surface area (Å²) in [5, 5.41) is 20.4. The van der Waals surface area contributed by atoms with Crippen LogP contribution in [-0.2, 0) is 5.60 Å². The van der Waals surface area contributed by atoms with Gasteiger partial charge in [0.15, 0.2) is 0 Å². The molecule has 0 unspecified atom stereocenters. The molecule has 1 atom stereocenters. The van der Waals surface area contributed by atoms with Gasteiger partial charge >= 0.3 is 0 Å². The van der Waals surface area contributed by atoms with Gasteiger partial charge in [-0.25, -0.2) is 0 Å². The minimum atomic E-state index is -1.09. The molecule has 68 valence electrons. The molecule has 0 saturated carbocycles. The van der Waals surface area contributed by atoms with Crippen molar-refractivity contribution < 1.29 is 10.2 Å². The van der Waals surface area contributed by atoms with E-state index in [9.17, 15) is 5.11 Å². The Hall–Kier alpha value is -0.0300. The van der Waals surface area contributed by atoms with E-state index in [-0.39, 0.29) is 6.61 Å². The second kappa shape index (κ2) is 3.79. The van der Waals surface area contributed by atoms with Crippen LogP contribution in [0.2, 0.25) is 0 Å². The van der Waals surface area contributed by atoms with Crippen LogP contribution in [0.5, 0.6) is 0 Å². The molecule has 1 rings (SSSR count). The molecule has 2 N–H and O–H groups in total. The fourth-order valence-electron chi connectivity index (χ4n) is 0.797. The molecule has 0 aliphatic rings. The maximum absolute atomic E-state index is 9.65. The van der Waals surface area contributed by atoms with Gasteiger partial charge in [-0.3, -0.25) is 0 Å². The highest BCUT2D eigenvalue weighted by Gasteiger charge is 2.22. The van der Waals surface area contributed by atoms with E-state index in [1.54, 1.807) is 30.0 Å². The summed E-state index contributed by atoms with van der Waals surface area (Å²) >= 11 is 3.23. The highest BCUT2D eigenvalue weighted by molar-refractivity contribution is 8.00. The summed E-state index contributed by atoms with van der Waals surface area (Å²) in [5.74, 6) is 0. The van der Waals surface area contributed by atoms with Gasteiger partial charge in [-0.1, -0.05) is 0 Å². The highest BCUT2D eigenvalue weighted by Crippen LogP contribution is 2.30. The summed E-state index contributed by atoms with van der Waals surface area (Å²) in [4.78, 5) is 0. The molecule has 1 aromatic heterocycles. The van der Waals surface area contributed by atoms with Crippen molar-refractivity contribution >= 4 is 23.1 Å². The van der Waals surface area contributed by atoms with Crippen molar-refractivity contribution in [1.29, 1.82) is 0 Å². The largest absolute Gasteiger partial charge is 0.393 e. The normalized spacial score (nSPS) is 16.0. The zero-order chi connectivity index (χ0) is 9.19. The van der Waals surface area contributed by atoms with Gasteiger partial charge in [0.05, 0.1) is 10.8 Å². The van der Waals surface area contributed by atoms with Crippen molar-refractivity contribution in [2.24, 2.45) is 0 Å². The van der Waals surface area contributed by atoms with E-state index in [1.807, 2.05) is 17.7 Å². The van der Waals surface area contributed by atoms with Crippen LogP contribution in [0.25, 0.3) is 0 Å². The van der Waals surface area contributed by atoms with Gasteiger partial charge in [-0.2, -0.15) is 0 Å². The van der Waals surface area contributed by atoms with Crippen LogP contribution < -0.4 is 0 Å². The smallest absolute Gasteiger partial charge is 0.111 e. The number of aliphatic hydroxyl groups excluding tert-OH is 1. The molecule has 0 amide bonds. The average molecular weight is 204 g/mol. The van der Waals surface area contributed by atoms with Crippen molar-refractivity contribution in [2.75, 3.05) is 12.9 Å². The van der Waals surface area contributed by atoms with Crippen LogP contribution >= 0.6 is 23.1 Å². The van der Waals surface area contributed by atoms with E-state index < -0.39 is 5.60 Å². The van der Waals surface area contributed by atoms with Gasteiger partial charge < -0.3 is 10.2 Å². The molecule has 0 fully saturated rings. The summed E-state index contributed by atoms with van der Waals surface area (Å²) in [6, 6.07) is 1.91. The van der Waals surface area contributed by atoms with E-state index in [0.29, 0.717) is 0 Å². The summed E-state index contributed by atoms with van der Waals surface area (Å²) in [7, 11) is 0. The summed E-state index contributed by atoms with van der Waals surface area (Å²) < 4.78 is 1.15. The van der Waals surface area contributed by atoms with Crippen molar-refractivity contribution in [3.8, 4) is 0 Å². The van der Waals surface area contributed by atoms with E-state index in [0.717, 1.165) is 9.77 Å². The Balaban J connectivity index is 2.88. The van der Waals surface area contributed by atoms with Crippen LogP contribution in [0.15, 0.2) is 15.7 Å². The molecular formula is C8H12O2S2. The zero-order valence-corrected chi connectivity index (χ0v) is 8.71. The Kier molecular flexibility index (Phi) is 3.17. The first-order valence-electron chi connectivity index (χ1n) is 3.56. The van der Waals surface area contributed by atoms with Crippen LogP contribution in [0.3, 0.4) is 0 Å². The lowest BCUT2D eigenvalue weighted by molar-refractivity contribution is -0.00203. The molecular weight excluding hydrogens is 192 g/mol.